The highest BCUT2D eigenvalue weighted by Gasteiger charge is 2.28. The van der Waals surface area contributed by atoms with Gasteiger partial charge in [-0.25, -0.2) is 0 Å². The molecule has 1 atom stereocenters. The Morgan fingerprint density at radius 2 is 2.14 bits per heavy atom. The molecule has 0 aliphatic carbocycles. The summed E-state index contributed by atoms with van der Waals surface area (Å²) < 4.78 is 1.63. The first kappa shape index (κ1) is 15.5. The lowest BCUT2D eigenvalue weighted by Crippen LogP contribution is -2.48. The van der Waals surface area contributed by atoms with Gasteiger partial charge in [0.2, 0.25) is 11.8 Å². The van der Waals surface area contributed by atoms with Crippen molar-refractivity contribution in [1.82, 2.24) is 20.0 Å². The number of rotatable bonds is 4. The number of carbonyl (C=O) groups is 2. The summed E-state index contributed by atoms with van der Waals surface area (Å²) >= 11 is 0. The summed E-state index contributed by atoms with van der Waals surface area (Å²) in [5.74, 6) is -0.0184. The molecule has 1 saturated heterocycles. The molecule has 116 valence electrons. The molecule has 3 N–H and O–H groups in total. The van der Waals surface area contributed by atoms with Gasteiger partial charge in [0, 0.05) is 44.4 Å². The molecular formula is C14H23N5O2. The molecule has 2 heterocycles. The molecule has 7 heteroatoms. The van der Waals surface area contributed by atoms with Crippen LogP contribution in [0.3, 0.4) is 0 Å². The minimum atomic E-state index is -0.666. The van der Waals surface area contributed by atoms with Crippen molar-refractivity contribution < 1.29 is 9.59 Å². The first-order valence-electron chi connectivity index (χ1n) is 7.33. The molecule has 1 fully saturated rings. The maximum Gasteiger partial charge on any atom is 0.244 e. The minimum absolute atomic E-state index is 0.0619. The summed E-state index contributed by atoms with van der Waals surface area (Å²) in [6.07, 6.45) is 5.42. The van der Waals surface area contributed by atoms with Crippen LogP contribution in [0.1, 0.15) is 37.8 Å². The van der Waals surface area contributed by atoms with E-state index in [1.165, 1.54) is 0 Å². The van der Waals surface area contributed by atoms with E-state index in [2.05, 4.69) is 10.4 Å². The van der Waals surface area contributed by atoms with Crippen molar-refractivity contribution in [3.63, 3.8) is 0 Å². The van der Waals surface area contributed by atoms with Gasteiger partial charge >= 0.3 is 0 Å². The lowest BCUT2D eigenvalue weighted by molar-refractivity contribution is -0.134. The van der Waals surface area contributed by atoms with E-state index in [9.17, 15) is 9.59 Å². The summed E-state index contributed by atoms with van der Waals surface area (Å²) in [6, 6.07) is -0.503. The molecule has 7 nitrogen and oxygen atoms in total. The van der Waals surface area contributed by atoms with Crippen LogP contribution in [-0.4, -0.2) is 45.6 Å². The molecule has 1 aromatic heterocycles. The largest absolute Gasteiger partial charge is 0.353 e. The van der Waals surface area contributed by atoms with Gasteiger partial charge in [-0.1, -0.05) is 6.92 Å². The molecule has 0 radical (unpaired) electrons. The van der Waals surface area contributed by atoms with Gasteiger partial charge in [-0.15, -0.1) is 0 Å². The Bertz CT molecular complexity index is 505. The average Bonchev–Trinajstić information content (AvgIpc) is 2.93. The third kappa shape index (κ3) is 3.81. The van der Waals surface area contributed by atoms with Crippen LogP contribution >= 0.6 is 0 Å². The van der Waals surface area contributed by atoms with Gasteiger partial charge < -0.3 is 16.0 Å². The van der Waals surface area contributed by atoms with Crippen LogP contribution in [0, 0.1) is 0 Å². The quantitative estimate of drug-likeness (QED) is 0.813. The minimum Gasteiger partial charge on any atom is -0.353 e. The third-order valence-electron chi connectivity index (χ3n) is 3.84. The molecule has 21 heavy (non-hydrogen) atoms. The predicted octanol–water partition coefficient (Wildman–Crippen LogP) is -0.0629. The van der Waals surface area contributed by atoms with Crippen LogP contribution in [0.2, 0.25) is 0 Å². The second kappa shape index (κ2) is 6.71. The second-order valence-corrected chi connectivity index (χ2v) is 5.45. The van der Waals surface area contributed by atoms with Crippen molar-refractivity contribution in [3.05, 3.63) is 18.0 Å². The molecule has 0 saturated carbocycles. The van der Waals surface area contributed by atoms with Crippen LogP contribution in [0.5, 0.6) is 0 Å². The van der Waals surface area contributed by atoms with Crippen molar-refractivity contribution in [3.8, 4) is 0 Å². The van der Waals surface area contributed by atoms with Crippen LogP contribution < -0.4 is 11.1 Å². The van der Waals surface area contributed by atoms with Crippen LogP contribution in [0.25, 0.3) is 0 Å². The van der Waals surface area contributed by atoms with E-state index in [1.807, 2.05) is 6.92 Å². The summed E-state index contributed by atoms with van der Waals surface area (Å²) in [4.78, 5) is 25.5. The number of hydrogen-bond donors (Lipinski definition) is 2. The monoisotopic (exact) mass is 293 g/mol. The Morgan fingerprint density at radius 3 is 2.67 bits per heavy atom. The third-order valence-corrected chi connectivity index (χ3v) is 3.84. The molecular weight excluding hydrogens is 270 g/mol. The molecule has 1 aromatic rings. The van der Waals surface area contributed by atoms with E-state index in [0.717, 1.165) is 18.4 Å². The molecule has 1 unspecified atom stereocenters. The van der Waals surface area contributed by atoms with Crippen LogP contribution in [-0.2, 0) is 16.6 Å². The number of hydrogen-bond acceptors (Lipinski definition) is 4. The van der Waals surface area contributed by atoms with E-state index in [4.69, 9.17) is 5.73 Å². The maximum atomic E-state index is 12.4. The highest BCUT2D eigenvalue weighted by Crippen LogP contribution is 2.17. The Hall–Kier alpha value is -1.89. The van der Waals surface area contributed by atoms with Crippen LogP contribution in [0.15, 0.2) is 12.4 Å². The van der Waals surface area contributed by atoms with Gasteiger partial charge in [0.25, 0.3) is 0 Å². The van der Waals surface area contributed by atoms with Crippen molar-refractivity contribution in [2.45, 2.75) is 38.3 Å². The van der Waals surface area contributed by atoms with Crippen molar-refractivity contribution in [2.24, 2.45) is 12.8 Å². The molecule has 0 aromatic carbocycles. The molecule has 2 rings (SSSR count). The Labute approximate surface area is 124 Å². The Kier molecular flexibility index (Phi) is 4.95. The highest BCUT2D eigenvalue weighted by atomic mass is 16.2. The standard InChI is InChI=1S/C14H23N5O2/c1-3-12(20)17-11-4-6-19(7-5-11)14(21)13(15)10-8-16-18(2)9-10/h8-9,11,13H,3-7,15H2,1-2H3,(H,17,20). The summed E-state index contributed by atoms with van der Waals surface area (Å²) in [6.45, 7) is 3.09. The normalized spacial score (nSPS) is 17.6. The number of nitrogens with zero attached hydrogens (tertiary/aromatic N) is 3. The first-order valence-corrected chi connectivity index (χ1v) is 7.33. The Balaban J connectivity index is 1.87. The topological polar surface area (TPSA) is 93.2 Å². The number of aromatic nitrogens is 2. The fourth-order valence-corrected chi connectivity index (χ4v) is 2.51. The number of likely N-dealkylation sites (tertiary alicyclic amines) is 1. The van der Waals surface area contributed by atoms with Gasteiger partial charge in [0.15, 0.2) is 0 Å². The SMILES string of the molecule is CCC(=O)NC1CCN(C(=O)C(N)c2cnn(C)c2)CC1. The van der Waals surface area contributed by atoms with Gasteiger partial charge in [-0.3, -0.25) is 14.3 Å². The number of aryl methyl sites for hydroxylation is 1. The van der Waals surface area contributed by atoms with Gasteiger partial charge in [-0.2, -0.15) is 5.10 Å². The van der Waals surface area contributed by atoms with Crippen molar-refractivity contribution in [1.29, 1.82) is 0 Å². The molecule has 1 aliphatic rings. The number of amides is 2. The van der Waals surface area contributed by atoms with Gasteiger partial charge in [0.1, 0.15) is 6.04 Å². The zero-order valence-electron chi connectivity index (χ0n) is 12.6. The summed E-state index contributed by atoms with van der Waals surface area (Å²) in [7, 11) is 1.79. The van der Waals surface area contributed by atoms with E-state index >= 15 is 0 Å². The number of carbonyl (C=O) groups excluding carboxylic acids is 2. The lowest BCUT2D eigenvalue weighted by Gasteiger charge is -2.33. The predicted molar refractivity (Wildman–Crippen MR) is 78.2 cm³/mol. The molecule has 2 amide bonds. The second-order valence-electron chi connectivity index (χ2n) is 5.45. The number of nitrogens with one attached hydrogen (secondary N) is 1. The molecule has 0 spiro atoms. The molecule has 0 bridgehead atoms. The first-order chi connectivity index (χ1) is 10.0. The van der Waals surface area contributed by atoms with E-state index in [1.54, 1.807) is 29.0 Å². The number of piperidine rings is 1. The zero-order chi connectivity index (χ0) is 15.4. The Morgan fingerprint density at radius 1 is 1.48 bits per heavy atom. The van der Waals surface area contributed by atoms with Gasteiger partial charge in [0.05, 0.1) is 6.20 Å². The van der Waals surface area contributed by atoms with Gasteiger partial charge in [-0.05, 0) is 12.8 Å². The molecule has 1 aliphatic heterocycles. The van der Waals surface area contributed by atoms with E-state index in [0.29, 0.717) is 19.5 Å². The zero-order valence-corrected chi connectivity index (χ0v) is 12.6. The van der Waals surface area contributed by atoms with E-state index < -0.39 is 6.04 Å². The fourth-order valence-electron chi connectivity index (χ4n) is 2.51. The highest BCUT2D eigenvalue weighted by molar-refractivity contribution is 5.83. The fraction of sp³-hybridized carbons (Fsp3) is 0.643. The van der Waals surface area contributed by atoms with Crippen molar-refractivity contribution >= 4 is 11.8 Å². The lowest BCUT2D eigenvalue weighted by atomic mass is 10.0. The summed E-state index contributed by atoms with van der Waals surface area (Å²) in [5.41, 5.74) is 6.73. The average molecular weight is 293 g/mol. The maximum absolute atomic E-state index is 12.4. The van der Waals surface area contributed by atoms with Crippen molar-refractivity contribution in [2.75, 3.05) is 13.1 Å². The van der Waals surface area contributed by atoms with E-state index in [-0.39, 0.29) is 17.9 Å². The number of nitrogens with two attached hydrogens (primary N) is 1. The summed E-state index contributed by atoms with van der Waals surface area (Å²) in [5, 5.41) is 7.01. The van der Waals surface area contributed by atoms with Crippen LogP contribution in [0.4, 0.5) is 0 Å². The smallest absolute Gasteiger partial charge is 0.244 e.